The van der Waals surface area contributed by atoms with E-state index in [4.69, 9.17) is 17.0 Å². The van der Waals surface area contributed by atoms with Crippen LogP contribution in [0.25, 0.3) is 0 Å². The maximum absolute atomic E-state index is 5.72. The van der Waals surface area contributed by atoms with E-state index in [9.17, 15) is 0 Å². The molecule has 4 nitrogen and oxygen atoms in total. The molecule has 2 atom stereocenters. The molecule has 0 saturated carbocycles. The number of ether oxygens (including phenoxy) is 1. The van der Waals surface area contributed by atoms with Gasteiger partial charge >= 0.3 is 0 Å². The zero-order chi connectivity index (χ0) is 18.1. The molecular weight excluding hydrogens is 362 g/mol. The normalized spacial score (nSPS) is 19.5. The largest absolute Gasteiger partial charge is 0.497 e. The van der Waals surface area contributed by atoms with Crippen LogP contribution in [0.1, 0.15) is 28.2 Å². The number of methoxy groups -OCH3 is 1. The summed E-state index contributed by atoms with van der Waals surface area (Å²) < 4.78 is 5.41. The topological polar surface area (TPSA) is 37.4 Å². The van der Waals surface area contributed by atoms with Crippen LogP contribution in [0, 0.1) is 6.92 Å². The van der Waals surface area contributed by atoms with E-state index in [0.29, 0.717) is 5.11 Å². The standard InChI is InChI=1S/C20H19N3OS2/c1-13-9-11-26-19(13)18-17(16-8-3-4-10-21-16)22-20(25)23(18)14-6-5-7-15(12-14)24-2/h3-12,17-18H,1-2H3,(H,22,25)/t17-,18-/m0/s1. The van der Waals surface area contributed by atoms with E-state index >= 15 is 0 Å². The Morgan fingerprint density at radius 1 is 1.19 bits per heavy atom. The van der Waals surface area contributed by atoms with E-state index in [-0.39, 0.29) is 12.1 Å². The van der Waals surface area contributed by atoms with Crippen molar-refractivity contribution < 1.29 is 4.74 Å². The molecule has 0 bridgehead atoms. The molecule has 3 aromatic rings. The van der Waals surface area contributed by atoms with E-state index in [1.807, 2.05) is 42.6 Å². The molecule has 0 unspecified atom stereocenters. The third kappa shape index (κ3) is 2.95. The van der Waals surface area contributed by atoms with Gasteiger partial charge in [-0.15, -0.1) is 11.3 Å². The summed E-state index contributed by atoms with van der Waals surface area (Å²) in [6.45, 7) is 2.15. The number of rotatable bonds is 4. The summed E-state index contributed by atoms with van der Waals surface area (Å²) in [5.74, 6) is 0.813. The van der Waals surface area contributed by atoms with Crippen LogP contribution in [0.3, 0.4) is 0 Å². The van der Waals surface area contributed by atoms with Gasteiger partial charge in [-0.3, -0.25) is 4.98 Å². The van der Waals surface area contributed by atoms with Gasteiger partial charge in [0.25, 0.3) is 0 Å². The molecule has 0 spiro atoms. The number of nitrogens with one attached hydrogen (secondary N) is 1. The van der Waals surface area contributed by atoms with Crippen LogP contribution < -0.4 is 15.0 Å². The molecule has 3 heterocycles. The lowest BCUT2D eigenvalue weighted by molar-refractivity contribution is 0.415. The van der Waals surface area contributed by atoms with Gasteiger partial charge in [-0.05, 0) is 60.4 Å². The van der Waals surface area contributed by atoms with Gasteiger partial charge in [-0.2, -0.15) is 0 Å². The Balaban J connectivity index is 1.84. The summed E-state index contributed by atoms with van der Waals surface area (Å²) in [5.41, 5.74) is 3.26. The average molecular weight is 382 g/mol. The molecule has 6 heteroatoms. The van der Waals surface area contributed by atoms with Crippen molar-refractivity contribution in [2.75, 3.05) is 12.0 Å². The van der Waals surface area contributed by atoms with Crippen molar-refractivity contribution >= 4 is 34.4 Å². The average Bonchev–Trinajstić information content (AvgIpc) is 3.25. The Kier molecular flexibility index (Phi) is 4.61. The van der Waals surface area contributed by atoms with Crippen molar-refractivity contribution in [3.63, 3.8) is 0 Å². The smallest absolute Gasteiger partial charge is 0.174 e. The van der Waals surface area contributed by atoms with Crippen molar-refractivity contribution in [1.82, 2.24) is 10.3 Å². The third-order valence-corrected chi connectivity index (χ3v) is 6.00. The summed E-state index contributed by atoms with van der Waals surface area (Å²) in [7, 11) is 1.68. The fourth-order valence-corrected chi connectivity index (χ4v) is 4.75. The van der Waals surface area contributed by atoms with E-state index in [1.54, 1.807) is 18.4 Å². The van der Waals surface area contributed by atoms with Gasteiger partial charge < -0.3 is 15.0 Å². The summed E-state index contributed by atoms with van der Waals surface area (Å²) in [5, 5.41) is 6.31. The molecule has 1 fully saturated rings. The van der Waals surface area contributed by atoms with Gasteiger partial charge in [0.1, 0.15) is 5.75 Å². The predicted octanol–water partition coefficient (Wildman–Crippen LogP) is 4.64. The number of benzene rings is 1. The highest BCUT2D eigenvalue weighted by atomic mass is 32.1. The Hall–Kier alpha value is -2.44. The fraction of sp³-hybridized carbons (Fsp3) is 0.200. The lowest BCUT2D eigenvalue weighted by Crippen LogP contribution is -2.29. The molecule has 1 saturated heterocycles. The Bertz CT molecular complexity index is 926. The quantitative estimate of drug-likeness (QED) is 0.667. The maximum Gasteiger partial charge on any atom is 0.174 e. The van der Waals surface area contributed by atoms with E-state index in [0.717, 1.165) is 17.1 Å². The number of pyridine rings is 1. The molecule has 132 valence electrons. The van der Waals surface area contributed by atoms with Crippen molar-refractivity contribution in [1.29, 1.82) is 0 Å². The van der Waals surface area contributed by atoms with Crippen molar-refractivity contribution in [3.05, 3.63) is 76.2 Å². The molecule has 0 aliphatic carbocycles. The molecule has 1 aliphatic heterocycles. The summed E-state index contributed by atoms with van der Waals surface area (Å²) in [4.78, 5) is 8.04. The van der Waals surface area contributed by atoms with Crippen LogP contribution in [-0.2, 0) is 0 Å². The molecule has 1 N–H and O–H groups in total. The van der Waals surface area contributed by atoms with Gasteiger partial charge in [0.15, 0.2) is 5.11 Å². The summed E-state index contributed by atoms with van der Waals surface area (Å²) in [6.07, 6.45) is 1.83. The first-order chi connectivity index (χ1) is 12.7. The minimum absolute atomic E-state index is 0.00717. The second kappa shape index (κ2) is 7.05. The van der Waals surface area contributed by atoms with Gasteiger partial charge in [0.05, 0.1) is 24.9 Å². The van der Waals surface area contributed by atoms with Gasteiger partial charge in [-0.1, -0.05) is 12.1 Å². The molecule has 1 aromatic carbocycles. The Labute approximate surface area is 162 Å². The number of hydrogen-bond donors (Lipinski definition) is 1. The predicted molar refractivity (Wildman–Crippen MR) is 110 cm³/mol. The first kappa shape index (κ1) is 17.0. The van der Waals surface area contributed by atoms with Crippen LogP contribution in [-0.4, -0.2) is 17.2 Å². The molecule has 26 heavy (non-hydrogen) atoms. The second-order valence-corrected chi connectivity index (χ2v) is 7.50. The molecule has 0 amide bonds. The van der Waals surface area contributed by atoms with Crippen molar-refractivity contribution in [3.8, 4) is 5.75 Å². The van der Waals surface area contributed by atoms with Gasteiger partial charge in [0, 0.05) is 22.8 Å². The van der Waals surface area contributed by atoms with Crippen molar-refractivity contribution in [2.24, 2.45) is 0 Å². The SMILES string of the molecule is COc1cccc(N2C(=S)N[C@@H](c3ccccn3)[C@H]2c2sccc2C)c1. The number of aromatic nitrogens is 1. The second-order valence-electron chi connectivity index (χ2n) is 6.17. The minimum atomic E-state index is -0.00717. The summed E-state index contributed by atoms with van der Waals surface area (Å²) >= 11 is 7.48. The van der Waals surface area contributed by atoms with Gasteiger partial charge in [-0.25, -0.2) is 0 Å². The highest BCUT2D eigenvalue weighted by Gasteiger charge is 2.41. The zero-order valence-electron chi connectivity index (χ0n) is 14.5. The highest BCUT2D eigenvalue weighted by molar-refractivity contribution is 7.80. The summed E-state index contributed by atoms with van der Waals surface area (Å²) in [6, 6.07) is 16.2. The minimum Gasteiger partial charge on any atom is -0.497 e. The van der Waals surface area contributed by atoms with E-state index in [1.165, 1.54) is 10.4 Å². The van der Waals surface area contributed by atoms with Crippen LogP contribution in [0.5, 0.6) is 5.75 Å². The maximum atomic E-state index is 5.72. The number of thiocarbonyl (C=S) groups is 1. The first-order valence-corrected chi connectivity index (χ1v) is 9.66. The molecule has 0 radical (unpaired) electrons. The Morgan fingerprint density at radius 2 is 2.08 bits per heavy atom. The lowest BCUT2D eigenvalue weighted by Gasteiger charge is -2.27. The lowest BCUT2D eigenvalue weighted by atomic mass is 10.0. The fourth-order valence-electron chi connectivity index (χ4n) is 3.35. The number of thiophene rings is 1. The molecule has 2 aromatic heterocycles. The number of nitrogens with zero attached hydrogens (tertiary/aromatic N) is 2. The van der Waals surface area contributed by atoms with Crippen LogP contribution in [0.2, 0.25) is 0 Å². The molecule has 1 aliphatic rings. The molecular formula is C20H19N3OS2. The number of anilines is 1. The number of hydrogen-bond acceptors (Lipinski definition) is 4. The zero-order valence-corrected chi connectivity index (χ0v) is 16.2. The van der Waals surface area contributed by atoms with Crippen LogP contribution >= 0.6 is 23.6 Å². The van der Waals surface area contributed by atoms with Crippen molar-refractivity contribution in [2.45, 2.75) is 19.0 Å². The van der Waals surface area contributed by atoms with Crippen LogP contribution in [0.4, 0.5) is 5.69 Å². The van der Waals surface area contributed by atoms with E-state index < -0.39 is 0 Å². The van der Waals surface area contributed by atoms with Crippen LogP contribution in [0.15, 0.2) is 60.1 Å². The number of aryl methyl sites for hydroxylation is 1. The van der Waals surface area contributed by atoms with Gasteiger partial charge in [0.2, 0.25) is 0 Å². The highest BCUT2D eigenvalue weighted by Crippen LogP contribution is 2.44. The first-order valence-electron chi connectivity index (χ1n) is 8.37. The molecule has 4 rings (SSSR count). The van der Waals surface area contributed by atoms with E-state index in [2.05, 4.69) is 39.6 Å². The Morgan fingerprint density at radius 3 is 2.77 bits per heavy atom. The monoisotopic (exact) mass is 381 g/mol. The third-order valence-electron chi connectivity index (χ3n) is 4.60.